The number of hydrogen-bond acceptors (Lipinski definition) is 3. The molecule has 3 rings (SSSR count). The molecule has 1 N–H and O–H groups in total. The van der Waals surface area contributed by atoms with E-state index in [1.807, 2.05) is 28.4 Å². The standard InChI is InChI=1S/C17H16FN3OS/c1-21-7-6-19-17(21)16(13-3-2-4-14(18)10-13)20-15(22)9-12-5-8-23-11-12/h2-8,10-11,16H,9H2,1H3,(H,20,22)/t16-/m1/s1. The summed E-state index contributed by atoms with van der Waals surface area (Å²) in [5.74, 6) is 0.198. The minimum Gasteiger partial charge on any atom is -0.342 e. The van der Waals surface area contributed by atoms with Crippen molar-refractivity contribution < 1.29 is 9.18 Å². The molecule has 6 heteroatoms. The number of halogens is 1. The van der Waals surface area contributed by atoms with Gasteiger partial charge >= 0.3 is 0 Å². The van der Waals surface area contributed by atoms with Crippen molar-refractivity contribution in [1.29, 1.82) is 0 Å². The first-order valence-corrected chi connectivity index (χ1v) is 8.11. The molecule has 0 aliphatic heterocycles. The zero-order valence-corrected chi connectivity index (χ0v) is 13.4. The van der Waals surface area contributed by atoms with Crippen molar-refractivity contribution in [2.45, 2.75) is 12.5 Å². The number of nitrogens with zero attached hydrogens (tertiary/aromatic N) is 2. The van der Waals surface area contributed by atoms with Crippen molar-refractivity contribution in [3.05, 3.63) is 76.3 Å². The average Bonchev–Trinajstić information content (AvgIpc) is 3.16. The van der Waals surface area contributed by atoms with E-state index in [9.17, 15) is 9.18 Å². The third-order valence-electron chi connectivity index (χ3n) is 3.55. The van der Waals surface area contributed by atoms with Gasteiger partial charge < -0.3 is 9.88 Å². The highest BCUT2D eigenvalue weighted by Crippen LogP contribution is 2.21. The first-order chi connectivity index (χ1) is 11.1. The molecule has 0 aliphatic rings. The SMILES string of the molecule is Cn1ccnc1[C@H](NC(=O)Cc1ccsc1)c1cccc(F)c1. The van der Waals surface area contributed by atoms with Crippen LogP contribution in [-0.2, 0) is 18.3 Å². The Morgan fingerprint density at radius 3 is 2.96 bits per heavy atom. The van der Waals surface area contributed by atoms with Crippen molar-refractivity contribution >= 4 is 17.2 Å². The minimum absolute atomic E-state index is 0.124. The van der Waals surface area contributed by atoms with Crippen molar-refractivity contribution in [1.82, 2.24) is 14.9 Å². The van der Waals surface area contributed by atoms with Gasteiger partial charge in [-0.1, -0.05) is 12.1 Å². The van der Waals surface area contributed by atoms with Gasteiger partial charge in [-0.25, -0.2) is 9.37 Å². The maximum Gasteiger partial charge on any atom is 0.225 e. The third kappa shape index (κ3) is 3.65. The fourth-order valence-electron chi connectivity index (χ4n) is 2.43. The van der Waals surface area contributed by atoms with E-state index in [1.165, 1.54) is 12.1 Å². The Bertz CT molecular complexity index is 798. The van der Waals surface area contributed by atoms with Crippen LogP contribution in [0.3, 0.4) is 0 Å². The molecule has 0 aliphatic carbocycles. The smallest absolute Gasteiger partial charge is 0.225 e. The van der Waals surface area contributed by atoms with Crippen LogP contribution in [0.4, 0.5) is 4.39 Å². The molecule has 3 aromatic rings. The van der Waals surface area contributed by atoms with Crippen LogP contribution < -0.4 is 5.32 Å². The van der Waals surface area contributed by atoms with Crippen LogP contribution in [0.15, 0.2) is 53.5 Å². The molecule has 2 heterocycles. The number of aryl methyl sites for hydroxylation is 1. The van der Waals surface area contributed by atoms with Crippen LogP contribution in [0, 0.1) is 5.82 Å². The van der Waals surface area contributed by atoms with Gasteiger partial charge in [0, 0.05) is 19.4 Å². The Hall–Kier alpha value is -2.47. The molecule has 0 saturated carbocycles. The van der Waals surface area contributed by atoms with E-state index < -0.39 is 6.04 Å². The summed E-state index contributed by atoms with van der Waals surface area (Å²) in [6.45, 7) is 0. The van der Waals surface area contributed by atoms with Crippen LogP contribution in [-0.4, -0.2) is 15.5 Å². The van der Waals surface area contributed by atoms with Gasteiger partial charge in [0.25, 0.3) is 0 Å². The first-order valence-electron chi connectivity index (χ1n) is 7.16. The molecule has 2 aromatic heterocycles. The Labute approximate surface area is 137 Å². The van der Waals surface area contributed by atoms with Gasteiger partial charge in [0.1, 0.15) is 17.7 Å². The number of amides is 1. The summed E-state index contributed by atoms with van der Waals surface area (Å²) >= 11 is 1.55. The van der Waals surface area contributed by atoms with Gasteiger partial charge in [0.2, 0.25) is 5.91 Å². The van der Waals surface area contributed by atoms with E-state index in [-0.39, 0.29) is 11.7 Å². The topological polar surface area (TPSA) is 46.9 Å². The van der Waals surface area contributed by atoms with E-state index in [0.717, 1.165) is 5.56 Å². The summed E-state index contributed by atoms with van der Waals surface area (Å²) in [5, 5.41) is 6.84. The highest BCUT2D eigenvalue weighted by atomic mass is 32.1. The van der Waals surface area contributed by atoms with Gasteiger partial charge in [-0.2, -0.15) is 11.3 Å². The van der Waals surface area contributed by atoms with Gasteiger partial charge in [0.05, 0.1) is 6.42 Å². The van der Waals surface area contributed by atoms with E-state index in [4.69, 9.17) is 0 Å². The van der Waals surface area contributed by atoms with Crippen molar-refractivity contribution in [3.63, 3.8) is 0 Å². The quantitative estimate of drug-likeness (QED) is 0.782. The highest BCUT2D eigenvalue weighted by molar-refractivity contribution is 7.07. The lowest BCUT2D eigenvalue weighted by molar-refractivity contribution is -0.121. The lowest BCUT2D eigenvalue weighted by Crippen LogP contribution is -2.32. The lowest BCUT2D eigenvalue weighted by Gasteiger charge is -2.19. The van der Waals surface area contributed by atoms with E-state index >= 15 is 0 Å². The summed E-state index contributed by atoms with van der Waals surface area (Å²) in [6, 6.07) is 7.65. The molecule has 0 saturated heterocycles. The van der Waals surface area contributed by atoms with Crippen molar-refractivity contribution in [3.8, 4) is 0 Å². The number of carbonyl (C=O) groups is 1. The number of imidazole rings is 1. The van der Waals surface area contributed by atoms with Gasteiger partial charge in [-0.05, 0) is 40.1 Å². The largest absolute Gasteiger partial charge is 0.342 e. The number of rotatable bonds is 5. The summed E-state index contributed by atoms with van der Waals surface area (Å²) in [4.78, 5) is 16.6. The molecule has 1 atom stereocenters. The maximum atomic E-state index is 13.6. The molecule has 0 unspecified atom stereocenters. The number of nitrogens with one attached hydrogen (secondary N) is 1. The molecule has 0 radical (unpaired) electrons. The summed E-state index contributed by atoms with van der Waals surface area (Å²) in [5.41, 5.74) is 1.63. The number of aromatic nitrogens is 2. The van der Waals surface area contributed by atoms with Crippen LogP contribution in [0.25, 0.3) is 0 Å². The van der Waals surface area contributed by atoms with Crippen LogP contribution in [0.5, 0.6) is 0 Å². The second-order valence-electron chi connectivity index (χ2n) is 5.26. The molecule has 23 heavy (non-hydrogen) atoms. The molecule has 0 fully saturated rings. The monoisotopic (exact) mass is 329 g/mol. The molecular formula is C17H16FN3OS. The highest BCUT2D eigenvalue weighted by Gasteiger charge is 2.21. The van der Waals surface area contributed by atoms with Crippen LogP contribution in [0.2, 0.25) is 0 Å². The normalized spacial score (nSPS) is 12.1. The van der Waals surface area contributed by atoms with E-state index in [2.05, 4.69) is 10.3 Å². The molecule has 0 spiro atoms. The molecule has 118 valence electrons. The number of thiophene rings is 1. The van der Waals surface area contributed by atoms with Crippen LogP contribution in [0.1, 0.15) is 23.0 Å². The van der Waals surface area contributed by atoms with Crippen LogP contribution >= 0.6 is 11.3 Å². The average molecular weight is 329 g/mol. The first kappa shape index (κ1) is 15.4. The minimum atomic E-state index is -0.489. The molecule has 0 bridgehead atoms. The number of hydrogen-bond donors (Lipinski definition) is 1. The van der Waals surface area contributed by atoms with Gasteiger partial charge in [-0.3, -0.25) is 4.79 Å². The maximum absolute atomic E-state index is 13.6. The van der Waals surface area contributed by atoms with E-state index in [1.54, 1.807) is 35.9 Å². The fraction of sp³-hybridized carbons (Fsp3) is 0.176. The van der Waals surface area contributed by atoms with Crippen molar-refractivity contribution in [2.24, 2.45) is 7.05 Å². The summed E-state index contributed by atoms with van der Waals surface area (Å²) in [7, 11) is 1.85. The number of carbonyl (C=O) groups excluding carboxylic acids is 1. The lowest BCUT2D eigenvalue weighted by atomic mass is 10.1. The Morgan fingerprint density at radius 2 is 2.30 bits per heavy atom. The Balaban J connectivity index is 1.86. The second kappa shape index (κ2) is 6.75. The summed E-state index contributed by atoms with van der Waals surface area (Å²) in [6.07, 6.45) is 3.75. The second-order valence-corrected chi connectivity index (χ2v) is 6.04. The molecule has 4 nitrogen and oxygen atoms in total. The fourth-order valence-corrected chi connectivity index (χ4v) is 3.10. The molecular weight excluding hydrogens is 313 g/mol. The predicted octanol–water partition coefficient (Wildman–Crippen LogP) is 3.07. The molecule has 1 amide bonds. The predicted molar refractivity (Wildman–Crippen MR) is 87.6 cm³/mol. The third-order valence-corrected chi connectivity index (χ3v) is 4.28. The number of benzene rings is 1. The molecule has 1 aromatic carbocycles. The zero-order chi connectivity index (χ0) is 16.2. The summed E-state index contributed by atoms with van der Waals surface area (Å²) < 4.78 is 15.4. The Kier molecular flexibility index (Phi) is 4.52. The van der Waals surface area contributed by atoms with E-state index in [0.29, 0.717) is 17.8 Å². The zero-order valence-electron chi connectivity index (χ0n) is 12.6. The van der Waals surface area contributed by atoms with Crippen molar-refractivity contribution in [2.75, 3.05) is 0 Å². The van der Waals surface area contributed by atoms with Gasteiger partial charge in [0.15, 0.2) is 0 Å². The van der Waals surface area contributed by atoms with Gasteiger partial charge in [-0.15, -0.1) is 0 Å². The Morgan fingerprint density at radius 1 is 1.43 bits per heavy atom.